The Bertz CT molecular complexity index is 970. The zero-order valence-electron chi connectivity index (χ0n) is 16.7. The Kier molecular flexibility index (Phi) is 8.35. The van der Waals surface area contributed by atoms with Crippen LogP contribution >= 0.6 is 0 Å². The number of nitrogens with zero attached hydrogens (tertiary/aromatic N) is 1. The van der Waals surface area contributed by atoms with Crippen LogP contribution in [0.3, 0.4) is 0 Å². The average Bonchev–Trinajstić information content (AvgIpc) is 3.19. The van der Waals surface area contributed by atoms with E-state index in [9.17, 15) is 14.4 Å². The molecule has 0 saturated heterocycles. The number of anilines is 1. The van der Waals surface area contributed by atoms with Crippen LogP contribution < -0.4 is 16.0 Å². The smallest absolute Gasteiger partial charge is 0.313 e. The molecule has 0 aliphatic rings. The summed E-state index contributed by atoms with van der Waals surface area (Å²) >= 11 is 0. The molecule has 30 heavy (non-hydrogen) atoms. The molecule has 0 radical (unpaired) electrons. The van der Waals surface area contributed by atoms with Crippen molar-refractivity contribution in [2.24, 2.45) is 0 Å². The van der Waals surface area contributed by atoms with Crippen LogP contribution in [0.25, 0.3) is 6.08 Å². The minimum absolute atomic E-state index is 0.0318. The van der Waals surface area contributed by atoms with E-state index in [1.54, 1.807) is 30.3 Å². The van der Waals surface area contributed by atoms with Gasteiger partial charge in [-0.2, -0.15) is 5.26 Å². The fourth-order valence-electron chi connectivity index (χ4n) is 2.29. The van der Waals surface area contributed by atoms with Crippen molar-refractivity contribution >= 4 is 29.5 Å². The number of furan rings is 1. The first-order valence-electron chi connectivity index (χ1n) is 9.06. The highest BCUT2D eigenvalue weighted by atomic mass is 16.5. The fraction of sp³-hybridized carbons (Fsp3) is 0.238. The van der Waals surface area contributed by atoms with Gasteiger partial charge in [-0.15, -0.1) is 0 Å². The Balaban J connectivity index is 1.89. The first-order valence-corrected chi connectivity index (χ1v) is 9.06. The maximum absolute atomic E-state index is 12.0. The third-order valence-corrected chi connectivity index (χ3v) is 3.86. The molecule has 0 bridgehead atoms. The Labute approximate surface area is 173 Å². The van der Waals surface area contributed by atoms with Gasteiger partial charge < -0.3 is 25.1 Å². The van der Waals surface area contributed by atoms with Crippen molar-refractivity contribution in [3.05, 3.63) is 59.1 Å². The summed E-state index contributed by atoms with van der Waals surface area (Å²) in [6.07, 6.45) is 1.29. The molecular weight excluding hydrogens is 388 g/mol. The quantitative estimate of drug-likeness (QED) is 0.261. The van der Waals surface area contributed by atoms with Gasteiger partial charge in [0.15, 0.2) is 0 Å². The number of rotatable bonds is 8. The molecule has 1 heterocycles. The number of nitrogens with one attached hydrogen (secondary N) is 3. The summed E-state index contributed by atoms with van der Waals surface area (Å²) in [5, 5.41) is 16.6. The van der Waals surface area contributed by atoms with E-state index in [0.717, 1.165) is 5.56 Å². The van der Waals surface area contributed by atoms with Crippen molar-refractivity contribution in [3.63, 3.8) is 0 Å². The summed E-state index contributed by atoms with van der Waals surface area (Å²) in [6.45, 7) is 2.48. The average molecular weight is 410 g/mol. The Morgan fingerprint density at radius 2 is 1.80 bits per heavy atom. The van der Waals surface area contributed by atoms with Gasteiger partial charge in [0.1, 0.15) is 23.2 Å². The number of hydrogen-bond acceptors (Lipinski definition) is 6. The highest BCUT2D eigenvalue weighted by Crippen LogP contribution is 2.12. The number of carbonyl (C=O) groups excluding carboxylic acids is 3. The van der Waals surface area contributed by atoms with E-state index in [1.807, 2.05) is 19.1 Å². The van der Waals surface area contributed by atoms with E-state index >= 15 is 0 Å². The molecule has 0 spiro atoms. The van der Waals surface area contributed by atoms with Gasteiger partial charge in [-0.05, 0) is 31.2 Å². The molecule has 1 aromatic carbocycles. The molecule has 3 amide bonds. The van der Waals surface area contributed by atoms with Gasteiger partial charge in [0.2, 0.25) is 0 Å². The fourth-order valence-corrected chi connectivity index (χ4v) is 2.29. The van der Waals surface area contributed by atoms with Gasteiger partial charge in [-0.3, -0.25) is 14.4 Å². The third kappa shape index (κ3) is 6.92. The van der Waals surface area contributed by atoms with Gasteiger partial charge in [0.25, 0.3) is 5.91 Å². The highest BCUT2D eigenvalue weighted by Gasteiger charge is 2.15. The highest BCUT2D eigenvalue weighted by molar-refractivity contribution is 6.39. The van der Waals surface area contributed by atoms with E-state index < -0.39 is 17.7 Å². The maximum Gasteiger partial charge on any atom is 0.313 e. The summed E-state index contributed by atoms with van der Waals surface area (Å²) in [5.41, 5.74) is 1.42. The largest absolute Gasteiger partial charge is 0.460 e. The summed E-state index contributed by atoms with van der Waals surface area (Å²) in [7, 11) is 1.50. The normalized spacial score (nSPS) is 10.8. The van der Waals surface area contributed by atoms with Crippen LogP contribution in [0.15, 0.2) is 46.4 Å². The lowest BCUT2D eigenvalue weighted by Crippen LogP contribution is -2.34. The molecule has 9 heteroatoms. The molecule has 2 aromatic rings. The molecule has 156 valence electrons. The third-order valence-electron chi connectivity index (χ3n) is 3.86. The number of amides is 3. The van der Waals surface area contributed by atoms with Crippen molar-refractivity contribution in [3.8, 4) is 6.07 Å². The van der Waals surface area contributed by atoms with Crippen molar-refractivity contribution < 1.29 is 23.5 Å². The Morgan fingerprint density at radius 1 is 1.07 bits per heavy atom. The monoisotopic (exact) mass is 410 g/mol. The molecule has 0 atom stereocenters. The summed E-state index contributed by atoms with van der Waals surface area (Å²) in [4.78, 5) is 35.8. The van der Waals surface area contributed by atoms with Crippen LogP contribution in [0.2, 0.25) is 0 Å². The summed E-state index contributed by atoms with van der Waals surface area (Å²) in [5.74, 6) is -1.55. The lowest BCUT2D eigenvalue weighted by atomic mass is 10.2. The first kappa shape index (κ1) is 22.4. The van der Waals surface area contributed by atoms with Crippen LogP contribution in [-0.4, -0.2) is 38.0 Å². The minimum Gasteiger partial charge on any atom is -0.460 e. The van der Waals surface area contributed by atoms with Crippen LogP contribution in [-0.2, 0) is 25.7 Å². The second-order valence-electron chi connectivity index (χ2n) is 6.23. The van der Waals surface area contributed by atoms with Crippen molar-refractivity contribution in [2.45, 2.75) is 13.5 Å². The molecule has 1 aromatic heterocycles. The van der Waals surface area contributed by atoms with Crippen molar-refractivity contribution in [2.75, 3.05) is 25.6 Å². The zero-order valence-corrected chi connectivity index (χ0v) is 16.7. The molecule has 2 rings (SSSR count). The summed E-state index contributed by atoms with van der Waals surface area (Å²) in [6, 6.07) is 12.0. The van der Waals surface area contributed by atoms with E-state index in [1.165, 1.54) is 13.2 Å². The molecule has 0 aliphatic heterocycles. The van der Waals surface area contributed by atoms with E-state index in [-0.39, 0.29) is 24.4 Å². The van der Waals surface area contributed by atoms with Crippen molar-refractivity contribution in [1.29, 1.82) is 5.26 Å². The van der Waals surface area contributed by atoms with Gasteiger partial charge in [-0.1, -0.05) is 17.7 Å². The summed E-state index contributed by atoms with van der Waals surface area (Å²) < 4.78 is 10.3. The minimum atomic E-state index is -0.820. The number of hydrogen-bond donors (Lipinski definition) is 3. The number of benzene rings is 1. The number of carbonyl (C=O) groups is 3. The second-order valence-corrected chi connectivity index (χ2v) is 6.23. The molecule has 3 N–H and O–H groups in total. The first-order chi connectivity index (χ1) is 14.4. The van der Waals surface area contributed by atoms with Crippen LogP contribution in [0.1, 0.15) is 17.1 Å². The maximum atomic E-state index is 12.0. The van der Waals surface area contributed by atoms with Crippen LogP contribution in [0.4, 0.5) is 5.69 Å². The van der Waals surface area contributed by atoms with Crippen LogP contribution in [0, 0.1) is 18.3 Å². The number of aryl methyl sites for hydroxylation is 1. The second kappa shape index (κ2) is 11.2. The molecule has 0 saturated carbocycles. The van der Waals surface area contributed by atoms with Gasteiger partial charge in [0.05, 0.1) is 13.2 Å². The van der Waals surface area contributed by atoms with E-state index in [2.05, 4.69) is 16.0 Å². The SMILES string of the molecule is COCCNC(=O)/C(C#N)=C\c1ccc(CNC(=O)C(=O)Nc2ccc(C)cc2)o1. The molecule has 0 aliphatic carbocycles. The van der Waals surface area contributed by atoms with Gasteiger partial charge in [-0.25, -0.2) is 0 Å². The predicted molar refractivity (Wildman–Crippen MR) is 109 cm³/mol. The van der Waals surface area contributed by atoms with Crippen molar-refractivity contribution in [1.82, 2.24) is 10.6 Å². The predicted octanol–water partition coefficient (Wildman–Crippen LogP) is 1.51. The standard InChI is InChI=1S/C21H22N4O5/c1-14-3-5-16(6-4-14)25-21(28)20(27)24-13-18-8-7-17(30-18)11-15(12-22)19(26)23-9-10-29-2/h3-8,11H,9-10,13H2,1-2H3,(H,23,26)(H,24,27)(H,25,28)/b15-11-. The van der Waals surface area contributed by atoms with Gasteiger partial charge in [0, 0.05) is 25.4 Å². The molecule has 0 fully saturated rings. The lowest BCUT2D eigenvalue weighted by Gasteiger charge is -2.06. The number of ether oxygens (including phenoxy) is 1. The molecule has 9 nitrogen and oxygen atoms in total. The van der Waals surface area contributed by atoms with Gasteiger partial charge >= 0.3 is 11.8 Å². The van der Waals surface area contributed by atoms with Crippen LogP contribution in [0.5, 0.6) is 0 Å². The Morgan fingerprint density at radius 3 is 2.47 bits per heavy atom. The lowest BCUT2D eigenvalue weighted by molar-refractivity contribution is -0.136. The Hall–Kier alpha value is -3.90. The molecular formula is C21H22N4O5. The van der Waals surface area contributed by atoms with E-state index in [0.29, 0.717) is 18.1 Å². The zero-order chi connectivity index (χ0) is 21.9. The topological polar surface area (TPSA) is 133 Å². The number of nitriles is 1. The molecule has 0 unspecified atom stereocenters. The van der Waals surface area contributed by atoms with E-state index in [4.69, 9.17) is 14.4 Å². The number of methoxy groups -OCH3 is 1.